The molecular formula is C24H17FN4O2. The molecule has 0 saturated carbocycles. The van der Waals surface area contributed by atoms with Crippen molar-refractivity contribution in [3.8, 4) is 29.0 Å². The van der Waals surface area contributed by atoms with E-state index in [0.717, 1.165) is 11.1 Å². The van der Waals surface area contributed by atoms with Crippen LogP contribution in [0.2, 0.25) is 0 Å². The maximum atomic E-state index is 13.9. The second-order valence-corrected chi connectivity index (χ2v) is 6.92. The molecule has 0 aliphatic rings. The highest BCUT2D eigenvalue weighted by Gasteiger charge is 2.18. The van der Waals surface area contributed by atoms with Gasteiger partial charge in [-0.3, -0.25) is 4.79 Å². The SMILES string of the molecule is Cc1cccc(-c2nnc(-c3ccc(C(=O)NC(C#N)c4ccccc4F)cc3)o2)c1. The molecule has 1 N–H and O–H groups in total. The molecule has 1 unspecified atom stereocenters. The van der Waals surface area contributed by atoms with Gasteiger partial charge >= 0.3 is 0 Å². The molecule has 0 bridgehead atoms. The maximum absolute atomic E-state index is 13.9. The first-order chi connectivity index (χ1) is 15.0. The predicted molar refractivity (Wildman–Crippen MR) is 112 cm³/mol. The summed E-state index contributed by atoms with van der Waals surface area (Å²) in [6.07, 6.45) is 0. The first-order valence-electron chi connectivity index (χ1n) is 9.51. The number of aromatic nitrogens is 2. The lowest BCUT2D eigenvalue weighted by Crippen LogP contribution is -2.28. The number of halogens is 1. The van der Waals surface area contributed by atoms with Gasteiger partial charge in [0, 0.05) is 22.3 Å². The number of nitrogens with one attached hydrogen (secondary N) is 1. The van der Waals surface area contributed by atoms with Gasteiger partial charge in [-0.05, 0) is 49.4 Å². The number of hydrogen-bond acceptors (Lipinski definition) is 5. The smallest absolute Gasteiger partial charge is 0.252 e. The molecular weight excluding hydrogens is 395 g/mol. The van der Waals surface area contributed by atoms with Crippen molar-refractivity contribution in [2.24, 2.45) is 0 Å². The summed E-state index contributed by atoms with van der Waals surface area (Å²) in [6.45, 7) is 1.98. The van der Waals surface area contributed by atoms with Crippen molar-refractivity contribution in [1.29, 1.82) is 5.26 Å². The van der Waals surface area contributed by atoms with Gasteiger partial charge in [0.25, 0.3) is 5.91 Å². The highest BCUT2D eigenvalue weighted by molar-refractivity contribution is 5.95. The monoisotopic (exact) mass is 412 g/mol. The van der Waals surface area contributed by atoms with Crippen molar-refractivity contribution in [3.63, 3.8) is 0 Å². The van der Waals surface area contributed by atoms with Crippen molar-refractivity contribution in [1.82, 2.24) is 15.5 Å². The lowest BCUT2D eigenvalue weighted by atomic mass is 10.1. The van der Waals surface area contributed by atoms with Crippen LogP contribution in [0.25, 0.3) is 22.9 Å². The van der Waals surface area contributed by atoms with E-state index >= 15 is 0 Å². The largest absolute Gasteiger partial charge is 0.416 e. The molecule has 1 amide bonds. The van der Waals surface area contributed by atoms with Crippen LogP contribution in [0.3, 0.4) is 0 Å². The third-order valence-electron chi connectivity index (χ3n) is 4.70. The Morgan fingerprint density at radius 3 is 2.39 bits per heavy atom. The van der Waals surface area contributed by atoms with Gasteiger partial charge < -0.3 is 9.73 Å². The predicted octanol–water partition coefficient (Wildman–Crippen LogP) is 4.85. The van der Waals surface area contributed by atoms with Crippen LogP contribution in [0.4, 0.5) is 4.39 Å². The zero-order valence-corrected chi connectivity index (χ0v) is 16.5. The molecule has 0 radical (unpaired) electrons. The summed E-state index contributed by atoms with van der Waals surface area (Å²) in [4.78, 5) is 12.5. The van der Waals surface area contributed by atoms with Gasteiger partial charge in [-0.1, -0.05) is 35.9 Å². The van der Waals surface area contributed by atoms with E-state index in [1.165, 1.54) is 18.2 Å². The number of nitriles is 1. The van der Waals surface area contributed by atoms with Gasteiger partial charge in [-0.15, -0.1) is 10.2 Å². The van der Waals surface area contributed by atoms with Crippen molar-refractivity contribution in [2.45, 2.75) is 13.0 Å². The number of amides is 1. The molecule has 0 fully saturated rings. The van der Waals surface area contributed by atoms with Crippen LogP contribution >= 0.6 is 0 Å². The highest BCUT2D eigenvalue weighted by atomic mass is 19.1. The molecule has 4 rings (SSSR count). The number of carbonyl (C=O) groups is 1. The third-order valence-corrected chi connectivity index (χ3v) is 4.70. The minimum absolute atomic E-state index is 0.115. The number of rotatable bonds is 5. The number of carbonyl (C=O) groups excluding carboxylic acids is 1. The average Bonchev–Trinajstić information content (AvgIpc) is 3.28. The molecule has 0 saturated heterocycles. The molecule has 6 nitrogen and oxygen atoms in total. The Balaban J connectivity index is 1.50. The zero-order chi connectivity index (χ0) is 21.8. The van der Waals surface area contributed by atoms with Crippen molar-refractivity contribution >= 4 is 5.91 Å². The normalized spacial score (nSPS) is 11.5. The minimum atomic E-state index is -1.10. The maximum Gasteiger partial charge on any atom is 0.252 e. The number of aryl methyl sites for hydroxylation is 1. The van der Waals surface area contributed by atoms with Crippen molar-refractivity contribution in [2.75, 3.05) is 0 Å². The molecule has 152 valence electrons. The first kappa shape index (κ1) is 20.0. The fraction of sp³-hybridized carbons (Fsp3) is 0.0833. The summed E-state index contributed by atoms with van der Waals surface area (Å²) in [6, 6.07) is 20.9. The van der Waals surface area contributed by atoms with Gasteiger partial charge in [-0.2, -0.15) is 5.26 Å². The van der Waals surface area contributed by atoms with Crippen LogP contribution in [0.1, 0.15) is 27.5 Å². The average molecular weight is 412 g/mol. The summed E-state index contributed by atoms with van der Waals surface area (Å²) in [5.41, 5.74) is 2.99. The van der Waals surface area contributed by atoms with Crippen LogP contribution in [0.15, 0.2) is 77.2 Å². The molecule has 3 aromatic carbocycles. The standard InChI is InChI=1S/C24H17FN4O2/c1-15-5-4-6-18(13-15)24-29-28-23(31-24)17-11-9-16(10-12-17)22(30)27-21(14-26)19-7-2-3-8-20(19)25/h2-13,21H,1H3,(H,27,30). The van der Waals surface area contributed by atoms with Crippen LogP contribution < -0.4 is 5.32 Å². The van der Waals surface area contributed by atoms with Gasteiger partial charge in [-0.25, -0.2) is 4.39 Å². The van der Waals surface area contributed by atoms with Crippen LogP contribution in [0, 0.1) is 24.1 Å². The molecule has 7 heteroatoms. The Morgan fingerprint density at radius 2 is 1.71 bits per heavy atom. The lowest BCUT2D eigenvalue weighted by molar-refractivity contribution is 0.0944. The summed E-state index contributed by atoms with van der Waals surface area (Å²) in [5.74, 6) is -0.315. The van der Waals surface area contributed by atoms with Gasteiger partial charge in [0.05, 0.1) is 6.07 Å². The molecule has 4 aromatic rings. The van der Waals surface area contributed by atoms with E-state index in [1.807, 2.05) is 37.3 Å². The molecule has 1 atom stereocenters. The number of hydrogen-bond donors (Lipinski definition) is 1. The topological polar surface area (TPSA) is 91.8 Å². The number of nitrogens with zero attached hydrogens (tertiary/aromatic N) is 3. The van der Waals surface area contributed by atoms with Gasteiger partial charge in [0.2, 0.25) is 11.8 Å². The van der Waals surface area contributed by atoms with Crippen molar-refractivity contribution < 1.29 is 13.6 Å². The summed E-state index contributed by atoms with van der Waals surface area (Å²) < 4.78 is 19.7. The van der Waals surface area contributed by atoms with E-state index in [-0.39, 0.29) is 5.56 Å². The Labute approximate surface area is 178 Å². The van der Waals surface area contributed by atoms with Gasteiger partial charge in [0.15, 0.2) is 0 Å². The second kappa shape index (κ2) is 8.59. The van der Waals surface area contributed by atoms with Crippen LogP contribution in [-0.4, -0.2) is 16.1 Å². The molecule has 1 heterocycles. The van der Waals surface area contributed by atoms with E-state index < -0.39 is 17.8 Å². The number of benzene rings is 3. The van der Waals surface area contributed by atoms with E-state index in [0.29, 0.717) is 22.9 Å². The Bertz CT molecular complexity index is 1280. The fourth-order valence-corrected chi connectivity index (χ4v) is 3.10. The van der Waals surface area contributed by atoms with E-state index in [2.05, 4.69) is 15.5 Å². The molecule has 31 heavy (non-hydrogen) atoms. The van der Waals surface area contributed by atoms with E-state index in [4.69, 9.17) is 4.42 Å². The quantitative estimate of drug-likeness (QED) is 0.506. The van der Waals surface area contributed by atoms with Crippen molar-refractivity contribution in [3.05, 3.63) is 95.3 Å². The Hall–Kier alpha value is -4.31. The van der Waals surface area contributed by atoms with Crippen LogP contribution in [-0.2, 0) is 0 Å². The molecule has 0 aliphatic carbocycles. The van der Waals surface area contributed by atoms with Gasteiger partial charge in [0.1, 0.15) is 11.9 Å². The molecule has 1 aromatic heterocycles. The highest BCUT2D eigenvalue weighted by Crippen LogP contribution is 2.25. The Morgan fingerprint density at radius 1 is 1.00 bits per heavy atom. The summed E-state index contributed by atoms with van der Waals surface area (Å²) in [5, 5.41) is 20.0. The minimum Gasteiger partial charge on any atom is -0.416 e. The Kier molecular flexibility index (Phi) is 5.54. The van der Waals surface area contributed by atoms with E-state index in [9.17, 15) is 14.4 Å². The van der Waals surface area contributed by atoms with E-state index in [1.54, 1.807) is 30.3 Å². The molecule has 0 spiro atoms. The molecule has 0 aliphatic heterocycles. The summed E-state index contributed by atoms with van der Waals surface area (Å²) >= 11 is 0. The third kappa shape index (κ3) is 4.33. The summed E-state index contributed by atoms with van der Waals surface area (Å²) in [7, 11) is 0. The van der Waals surface area contributed by atoms with Crippen LogP contribution in [0.5, 0.6) is 0 Å². The fourth-order valence-electron chi connectivity index (χ4n) is 3.10. The zero-order valence-electron chi connectivity index (χ0n) is 16.5. The second-order valence-electron chi connectivity index (χ2n) is 6.92. The lowest BCUT2D eigenvalue weighted by Gasteiger charge is -2.12. The first-order valence-corrected chi connectivity index (χ1v) is 9.51.